The van der Waals surface area contributed by atoms with E-state index in [4.69, 9.17) is 9.15 Å². The average Bonchev–Trinajstić information content (AvgIpc) is 3.11. The third-order valence-electron chi connectivity index (χ3n) is 5.66. The highest BCUT2D eigenvalue weighted by molar-refractivity contribution is 5.77. The van der Waals surface area contributed by atoms with Gasteiger partial charge >= 0.3 is 5.76 Å². The minimum Gasteiger partial charge on any atom is -0.408 e. The van der Waals surface area contributed by atoms with Crippen LogP contribution in [-0.2, 0) is 16.1 Å². The highest BCUT2D eigenvalue weighted by atomic mass is 16.5. The van der Waals surface area contributed by atoms with E-state index in [0.717, 1.165) is 24.1 Å². The van der Waals surface area contributed by atoms with Gasteiger partial charge in [0.25, 0.3) is 0 Å². The molecule has 1 aromatic heterocycles. The Labute approximate surface area is 151 Å². The normalized spacial score (nSPS) is 27.5. The van der Waals surface area contributed by atoms with Crippen molar-refractivity contribution in [2.24, 2.45) is 5.92 Å². The third-order valence-corrected chi connectivity index (χ3v) is 5.66. The fourth-order valence-electron chi connectivity index (χ4n) is 4.34. The van der Waals surface area contributed by atoms with E-state index in [1.54, 1.807) is 6.07 Å². The second-order valence-electron chi connectivity index (χ2n) is 7.58. The number of hydrogen-bond donors (Lipinski definition) is 1. The maximum Gasteiger partial charge on any atom is 0.419 e. The molecule has 1 aromatic carbocycles. The molecule has 7 heteroatoms. The number of fused-ring (bicyclic) bond motifs is 2. The van der Waals surface area contributed by atoms with E-state index < -0.39 is 5.76 Å². The molecule has 0 radical (unpaired) electrons. The zero-order valence-corrected chi connectivity index (χ0v) is 15.4. The van der Waals surface area contributed by atoms with Gasteiger partial charge in [0.2, 0.25) is 5.91 Å². The molecular formula is C19H25N3O4. The molecule has 2 aliphatic rings. The van der Waals surface area contributed by atoms with Crippen LogP contribution in [0.5, 0.6) is 0 Å². The van der Waals surface area contributed by atoms with Crippen molar-refractivity contribution in [1.29, 1.82) is 0 Å². The third kappa shape index (κ3) is 2.85. The lowest BCUT2D eigenvalue weighted by Gasteiger charge is -2.50. The van der Waals surface area contributed by atoms with E-state index >= 15 is 0 Å². The van der Waals surface area contributed by atoms with E-state index in [1.165, 1.54) is 4.57 Å². The van der Waals surface area contributed by atoms with Crippen LogP contribution in [0.3, 0.4) is 0 Å². The fraction of sp³-hybridized carbons (Fsp3) is 0.579. The van der Waals surface area contributed by atoms with E-state index in [-0.39, 0.29) is 30.5 Å². The van der Waals surface area contributed by atoms with Crippen LogP contribution >= 0.6 is 0 Å². The van der Waals surface area contributed by atoms with Crippen molar-refractivity contribution in [1.82, 2.24) is 14.8 Å². The first-order valence-corrected chi connectivity index (χ1v) is 9.13. The van der Waals surface area contributed by atoms with Gasteiger partial charge in [-0.2, -0.15) is 0 Å². The maximum atomic E-state index is 12.5. The molecule has 0 spiro atoms. The van der Waals surface area contributed by atoms with Crippen LogP contribution in [0, 0.1) is 12.8 Å². The number of oxazole rings is 1. The smallest absolute Gasteiger partial charge is 0.408 e. The van der Waals surface area contributed by atoms with Gasteiger partial charge in [0, 0.05) is 25.5 Å². The Morgan fingerprint density at radius 3 is 2.96 bits per heavy atom. The highest BCUT2D eigenvalue weighted by Crippen LogP contribution is 2.41. The lowest BCUT2D eigenvalue weighted by atomic mass is 9.71. The van der Waals surface area contributed by atoms with E-state index in [1.807, 2.05) is 33.2 Å². The standard InChI is InChI=1S/C19H25N3O4/c1-11-4-5-14-13(10-11)22(19(24)26-14)8-6-15(23)20-16-12-7-9-25-18(12)17(16)21(2)3/h4-5,10,12,16-18H,6-9H2,1-3H3,(H,20,23)/t12-,16+,17-,18-/m1/s1. The number of aryl methyl sites for hydroxylation is 2. The van der Waals surface area contributed by atoms with Gasteiger partial charge in [-0.15, -0.1) is 0 Å². The van der Waals surface area contributed by atoms with Crippen molar-refractivity contribution >= 4 is 17.0 Å². The van der Waals surface area contributed by atoms with Crippen molar-refractivity contribution in [3.05, 3.63) is 34.3 Å². The molecule has 4 atom stereocenters. The van der Waals surface area contributed by atoms with Crippen molar-refractivity contribution in [2.75, 3.05) is 20.7 Å². The Hall–Kier alpha value is -2.12. The molecule has 1 saturated carbocycles. The zero-order chi connectivity index (χ0) is 18.4. The van der Waals surface area contributed by atoms with Gasteiger partial charge in [0.15, 0.2) is 5.58 Å². The summed E-state index contributed by atoms with van der Waals surface area (Å²) in [6.45, 7) is 3.04. The summed E-state index contributed by atoms with van der Waals surface area (Å²) in [6.07, 6.45) is 1.46. The topological polar surface area (TPSA) is 76.7 Å². The highest BCUT2D eigenvalue weighted by Gasteiger charge is 2.55. The number of nitrogens with zero attached hydrogens (tertiary/aromatic N) is 2. The number of benzene rings is 1. The van der Waals surface area contributed by atoms with Gasteiger partial charge in [0.1, 0.15) is 0 Å². The minimum atomic E-state index is -0.419. The predicted octanol–water partition coefficient (Wildman–Crippen LogP) is 1.13. The monoisotopic (exact) mass is 359 g/mol. The number of carbonyl (C=O) groups excluding carboxylic acids is 1. The van der Waals surface area contributed by atoms with Crippen LogP contribution in [0.2, 0.25) is 0 Å². The van der Waals surface area contributed by atoms with Crippen LogP contribution in [0.15, 0.2) is 27.4 Å². The van der Waals surface area contributed by atoms with E-state index in [9.17, 15) is 9.59 Å². The molecule has 26 heavy (non-hydrogen) atoms. The van der Waals surface area contributed by atoms with E-state index in [2.05, 4.69) is 10.2 Å². The van der Waals surface area contributed by atoms with Crippen LogP contribution in [-0.4, -0.2) is 54.3 Å². The quantitative estimate of drug-likeness (QED) is 0.866. The van der Waals surface area contributed by atoms with Gasteiger partial charge in [-0.3, -0.25) is 9.36 Å². The van der Waals surface area contributed by atoms with Gasteiger partial charge in [-0.05, 0) is 45.1 Å². The summed E-state index contributed by atoms with van der Waals surface area (Å²) in [6, 6.07) is 5.93. The zero-order valence-electron chi connectivity index (χ0n) is 15.4. The molecule has 1 saturated heterocycles. The molecule has 4 rings (SSSR count). The summed E-state index contributed by atoms with van der Waals surface area (Å²) >= 11 is 0. The summed E-state index contributed by atoms with van der Waals surface area (Å²) < 4.78 is 12.6. The number of likely N-dealkylation sites (N-methyl/N-ethyl adjacent to an activating group) is 1. The van der Waals surface area contributed by atoms with Crippen LogP contribution in [0.25, 0.3) is 11.1 Å². The Balaban J connectivity index is 1.42. The van der Waals surface area contributed by atoms with Gasteiger partial charge in [-0.1, -0.05) is 6.07 Å². The number of hydrogen-bond acceptors (Lipinski definition) is 5. The van der Waals surface area contributed by atoms with Crippen LogP contribution < -0.4 is 11.1 Å². The number of rotatable bonds is 5. The number of carbonyl (C=O) groups is 1. The lowest BCUT2D eigenvalue weighted by molar-refractivity contribution is -0.128. The molecule has 140 valence electrons. The molecule has 7 nitrogen and oxygen atoms in total. The molecule has 2 fully saturated rings. The average molecular weight is 359 g/mol. The van der Waals surface area contributed by atoms with Gasteiger partial charge in [-0.25, -0.2) is 4.79 Å². The molecule has 0 bridgehead atoms. The predicted molar refractivity (Wildman–Crippen MR) is 97.1 cm³/mol. The second-order valence-corrected chi connectivity index (χ2v) is 7.58. The first kappa shape index (κ1) is 17.3. The number of nitrogens with one attached hydrogen (secondary N) is 1. The van der Waals surface area contributed by atoms with Crippen molar-refractivity contribution in [3.63, 3.8) is 0 Å². The maximum absolute atomic E-state index is 12.5. The van der Waals surface area contributed by atoms with Crippen molar-refractivity contribution in [3.8, 4) is 0 Å². The summed E-state index contributed by atoms with van der Waals surface area (Å²) in [7, 11) is 4.03. The van der Waals surface area contributed by atoms with Gasteiger partial charge in [0.05, 0.1) is 23.7 Å². The lowest BCUT2D eigenvalue weighted by Crippen LogP contribution is -2.69. The van der Waals surface area contributed by atoms with Gasteiger partial charge < -0.3 is 19.4 Å². The SMILES string of the molecule is Cc1ccc2oc(=O)n(CCC(=O)N[C@H]3[C@H]4CCO[C@H]4[C@@H]3N(C)C)c2c1. The Morgan fingerprint density at radius 2 is 2.19 bits per heavy atom. The van der Waals surface area contributed by atoms with Crippen molar-refractivity contribution < 1.29 is 13.9 Å². The Kier molecular flexibility index (Phi) is 4.36. The molecule has 2 aromatic rings. The second kappa shape index (κ2) is 6.55. The molecule has 1 aliphatic carbocycles. The summed E-state index contributed by atoms with van der Waals surface area (Å²) in [5.74, 6) is -0.0648. The summed E-state index contributed by atoms with van der Waals surface area (Å²) in [4.78, 5) is 26.7. The number of aromatic nitrogens is 1. The molecule has 2 heterocycles. The van der Waals surface area contributed by atoms with E-state index in [0.29, 0.717) is 18.0 Å². The Bertz CT molecular complexity index is 885. The first-order valence-electron chi connectivity index (χ1n) is 9.13. The minimum absolute atomic E-state index is 0.0406. The molecular weight excluding hydrogens is 334 g/mol. The largest absolute Gasteiger partial charge is 0.419 e. The molecule has 1 aliphatic heterocycles. The summed E-state index contributed by atoms with van der Waals surface area (Å²) in [5, 5.41) is 3.15. The summed E-state index contributed by atoms with van der Waals surface area (Å²) in [5.41, 5.74) is 2.34. The van der Waals surface area contributed by atoms with Crippen LogP contribution in [0.1, 0.15) is 18.4 Å². The van der Waals surface area contributed by atoms with Crippen LogP contribution in [0.4, 0.5) is 0 Å². The Morgan fingerprint density at radius 1 is 1.38 bits per heavy atom. The molecule has 1 amide bonds. The number of ether oxygens (including phenoxy) is 1. The van der Waals surface area contributed by atoms with Crippen molar-refractivity contribution in [2.45, 2.75) is 44.5 Å². The number of amides is 1. The molecule has 0 unspecified atom stereocenters. The fourth-order valence-corrected chi connectivity index (χ4v) is 4.34. The first-order chi connectivity index (χ1) is 12.5. The molecule has 1 N–H and O–H groups in total.